The summed E-state index contributed by atoms with van der Waals surface area (Å²) >= 11 is 9.36. The van der Waals surface area contributed by atoms with E-state index >= 15 is 0 Å². The molecule has 1 unspecified atom stereocenters. The summed E-state index contributed by atoms with van der Waals surface area (Å²) < 4.78 is 14.3. The van der Waals surface area contributed by atoms with Gasteiger partial charge in [-0.1, -0.05) is 48.1 Å². The van der Waals surface area contributed by atoms with Crippen LogP contribution in [0.5, 0.6) is 0 Å². The molecule has 6 nitrogen and oxygen atoms in total. The number of nitrogens with zero attached hydrogens (tertiary/aromatic N) is 3. The molecule has 2 amide bonds. The molecular weight excluding hydrogens is 531 g/mol. The van der Waals surface area contributed by atoms with Crippen LogP contribution in [0.15, 0.2) is 59.9 Å². The molecule has 1 N–H and O–H groups in total. The number of allylic oxidation sites excluding steroid dienone is 4. The number of carbonyl (C=O) groups excluding carboxylic acids is 2. The zero-order valence-corrected chi connectivity index (χ0v) is 22.6. The molecule has 0 spiro atoms. The fraction of sp³-hybridized carbons (Fsp3) is 0.333. The van der Waals surface area contributed by atoms with Gasteiger partial charge in [-0.3, -0.25) is 9.59 Å². The number of carbonyl (C=O) groups is 2. The molecule has 1 aromatic carbocycles. The van der Waals surface area contributed by atoms with E-state index in [1.807, 2.05) is 42.2 Å². The Morgan fingerprint density at radius 2 is 2.03 bits per heavy atom. The number of halogens is 2. The van der Waals surface area contributed by atoms with Crippen molar-refractivity contribution in [3.05, 3.63) is 75.4 Å². The quantitative estimate of drug-likeness (QED) is 0.342. The average Bonchev–Trinajstić information content (AvgIpc) is 3.67. The first kappa shape index (κ1) is 25.8. The minimum Gasteiger partial charge on any atom is -0.339 e. The SMILES string of the molecule is C[C@@H](C(=O)Nc1nncs1)[C@@H](c1ccc(-c2ccc(C(=O)N3CCCC3)c(Cl)c2)s1)C1C=CC=C(F)C1. The molecule has 3 aromatic rings. The molecule has 37 heavy (non-hydrogen) atoms. The molecule has 10 heteroatoms. The maximum absolute atomic E-state index is 14.3. The van der Waals surface area contributed by atoms with Crippen LogP contribution in [-0.4, -0.2) is 40.0 Å². The number of aromatic nitrogens is 2. The highest BCUT2D eigenvalue weighted by molar-refractivity contribution is 7.15. The van der Waals surface area contributed by atoms with E-state index in [-0.39, 0.29) is 35.9 Å². The van der Waals surface area contributed by atoms with Crippen molar-refractivity contribution < 1.29 is 14.0 Å². The van der Waals surface area contributed by atoms with Crippen molar-refractivity contribution in [3.8, 4) is 10.4 Å². The second-order valence-electron chi connectivity index (χ2n) is 9.31. The second kappa shape index (κ2) is 11.2. The number of thiophene rings is 1. The Morgan fingerprint density at radius 1 is 1.22 bits per heavy atom. The van der Waals surface area contributed by atoms with Crippen molar-refractivity contribution in [2.45, 2.75) is 32.1 Å². The molecule has 1 saturated heterocycles. The summed E-state index contributed by atoms with van der Waals surface area (Å²) in [6.45, 7) is 3.39. The summed E-state index contributed by atoms with van der Waals surface area (Å²) in [5.74, 6) is -1.27. The molecule has 3 atom stereocenters. The molecule has 1 aliphatic carbocycles. The third-order valence-electron chi connectivity index (χ3n) is 6.90. The van der Waals surface area contributed by atoms with Crippen LogP contribution in [0.25, 0.3) is 10.4 Å². The van der Waals surface area contributed by atoms with Crippen molar-refractivity contribution in [1.82, 2.24) is 15.1 Å². The van der Waals surface area contributed by atoms with Crippen molar-refractivity contribution in [2.75, 3.05) is 18.4 Å². The van der Waals surface area contributed by atoms with E-state index in [9.17, 15) is 14.0 Å². The van der Waals surface area contributed by atoms with Crippen LogP contribution in [0.4, 0.5) is 9.52 Å². The summed E-state index contributed by atoms with van der Waals surface area (Å²) in [6.07, 6.45) is 7.44. The highest BCUT2D eigenvalue weighted by Crippen LogP contribution is 2.44. The summed E-state index contributed by atoms with van der Waals surface area (Å²) in [4.78, 5) is 29.7. The lowest BCUT2D eigenvalue weighted by molar-refractivity contribution is -0.120. The van der Waals surface area contributed by atoms with Gasteiger partial charge >= 0.3 is 0 Å². The van der Waals surface area contributed by atoms with Crippen LogP contribution in [-0.2, 0) is 4.79 Å². The van der Waals surface area contributed by atoms with E-state index in [1.165, 1.54) is 17.4 Å². The van der Waals surface area contributed by atoms with Crippen molar-refractivity contribution in [2.24, 2.45) is 11.8 Å². The minimum absolute atomic E-state index is 0.0320. The van der Waals surface area contributed by atoms with Crippen LogP contribution in [0.2, 0.25) is 5.02 Å². The zero-order valence-electron chi connectivity index (χ0n) is 20.2. The number of anilines is 1. The van der Waals surface area contributed by atoms with E-state index in [2.05, 4.69) is 15.5 Å². The number of benzene rings is 1. The summed E-state index contributed by atoms with van der Waals surface area (Å²) in [5.41, 5.74) is 2.97. The lowest BCUT2D eigenvalue weighted by atomic mass is 9.77. The maximum Gasteiger partial charge on any atom is 0.255 e. The van der Waals surface area contributed by atoms with Crippen LogP contribution < -0.4 is 5.32 Å². The first-order valence-electron chi connectivity index (χ1n) is 12.2. The lowest BCUT2D eigenvalue weighted by Gasteiger charge is -2.29. The standard InChI is InChI=1S/C27H26ClFN4O2S2/c1-16(25(34)31-27-32-30-15-36-27)24(18-5-4-6-19(29)13-18)23-10-9-22(37-23)17-7-8-20(21(28)14-17)26(35)33-11-2-3-12-33/h4-10,14-16,18,24H,2-3,11-13H2,1H3,(H,31,32,34)/t16-,18?,24-/m1/s1. The smallest absolute Gasteiger partial charge is 0.255 e. The van der Waals surface area contributed by atoms with Gasteiger partial charge < -0.3 is 10.2 Å². The van der Waals surface area contributed by atoms with Gasteiger partial charge in [0.15, 0.2) is 0 Å². The van der Waals surface area contributed by atoms with Crippen molar-refractivity contribution in [1.29, 1.82) is 0 Å². The van der Waals surface area contributed by atoms with E-state index in [4.69, 9.17) is 11.6 Å². The molecule has 192 valence electrons. The molecular formula is C27H26ClFN4O2S2. The predicted octanol–water partition coefficient (Wildman–Crippen LogP) is 6.94. The Bertz CT molecular complexity index is 1350. The fourth-order valence-corrected chi connectivity index (χ4v) is 6.96. The van der Waals surface area contributed by atoms with Crippen LogP contribution >= 0.6 is 34.3 Å². The predicted molar refractivity (Wildman–Crippen MR) is 147 cm³/mol. The largest absolute Gasteiger partial charge is 0.339 e. The van der Waals surface area contributed by atoms with Gasteiger partial charge in [0.1, 0.15) is 11.3 Å². The zero-order chi connectivity index (χ0) is 25.9. The number of likely N-dealkylation sites (tertiary alicyclic amines) is 1. The van der Waals surface area contributed by atoms with Crippen LogP contribution in [0.1, 0.15) is 47.3 Å². The third-order valence-corrected chi connectivity index (χ3v) is 9.06. The van der Waals surface area contributed by atoms with E-state index < -0.39 is 5.92 Å². The summed E-state index contributed by atoms with van der Waals surface area (Å²) in [7, 11) is 0. The molecule has 2 aliphatic rings. The van der Waals surface area contributed by atoms with Gasteiger partial charge in [0.25, 0.3) is 5.91 Å². The molecule has 0 bridgehead atoms. The van der Waals surface area contributed by atoms with Crippen LogP contribution in [0.3, 0.4) is 0 Å². The lowest BCUT2D eigenvalue weighted by Crippen LogP contribution is -2.29. The first-order chi connectivity index (χ1) is 17.9. The Labute approximate surface area is 227 Å². The highest BCUT2D eigenvalue weighted by Gasteiger charge is 2.34. The Hall–Kier alpha value is -2.88. The third kappa shape index (κ3) is 5.68. The topological polar surface area (TPSA) is 75.2 Å². The average molecular weight is 557 g/mol. The Balaban J connectivity index is 1.41. The Kier molecular flexibility index (Phi) is 7.83. The molecule has 3 heterocycles. The number of nitrogens with one attached hydrogen (secondary N) is 1. The maximum atomic E-state index is 14.3. The number of rotatable bonds is 7. The molecule has 0 radical (unpaired) electrons. The molecule has 2 aromatic heterocycles. The summed E-state index contributed by atoms with van der Waals surface area (Å²) in [5, 5.41) is 11.4. The fourth-order valence-electron chi connectivity index (χ4n) is 4.97. The molecule has 1 aliphatic heterocycles. The first-order valence-corrected chi connectivity index (χ1v) is 14.3. The van der Waals surface area contributed by atoms with Gasteiger partial charge in [-0.25, -0.2) is 4.39 Å². The molecule has 0 saturated carbocycles. The second-order valence-corrected chi connectivity index (χ2v) is 11.7. The van der Waals surface area contributed by atoms with Crippen molar-refractivity contribution in [3.63, 3.8) is 0 Å². The monoisotopic (exact) mass is 556 g/mol. The number of amides is 2. The van der Waals surface area contributed by atoms with Crippen LogP contribution in [0, 0.1) is 11.8 Å². The molecule has 5 rings (SSSR count). The van der Waals surface area contributed by atoms with E-state index in [1.54, 1.807) is 29.0 Å². The number of hydrogen-bond donors (Lipinski definition) is 1. The number of hydrogen-bond acceptors (Lipinski definition) is 6. The molecule has 1 fully saturated rings. The van der Waals surface area contributed by atoms with Gasteiger partial charge in [0, 0.05) is 41.1 Å². The van der Waals surface area contributed by atoms with Gasteiger partial charge in [-0.15, -0.1) is 21.5 Å². The normalized spacial score (nSPS) is 18.9. The van der Waals surface area contributed by atoms with Gasteiger partial charge in [0.2, 0.25) is 11.0 Å². The van der Waals surface area contributed by atoms with E-state index in [0.717, 1.165) is 41.2 Å². The van der Waals surface area contributed by atoms with E-state index in [0.29, 0.717) is 15.7 Å². The van der Waals surface area contributed by atoms with Gasteiger partial charge in [-0.05, 0) is 54.7 Å². The Morgan fingerprint density at radius 3 is 2.73 bits per heavy atom. The van der Waals surface area contributed by atoms with Gasteiger partial charge in [-0.2, -0.15) is 0 Å². The summed E-state index contributed by atoms with van der Waals surface area (Å²) in [6, 6.07) is 9.52. The van der Waals surface area contributed by atoms with Crippen molar-refractivity contribution >= 4 is 51.2 Å². The minimum atomic E-state index is -0.444. The van der Waals surface area contributed by atoms with Gasteiger partial charge in [0.05, 0.1) is 10.6 Å². The highest BCUT2D eigenvalue weighted by atomic mass is 35.5.